The molecule has 144 heavy (non-hydrogen) atoms. The third kappa shape index (κ3) is 16.2. The van der Waals surface area contributed by atoms with Crippen molar-refractivity contribution in [1.82, 2.24) is 24.5 Å². The summed E-state index contributed by atoms with van der Waals surface area (Å²) < 4.78 is 53.2. The second kappa shape index (κ2) is 38.5. The lowest BCUT2D eigenvalue weighted by molar-refractivity contribution is -0.188. The zero-order valence-electron chi connectivity index (χ0n) is 81.6. The van der Waals surface area contributed by atoms with E-state index in [1.165, 1.54) is 69.8 Å². The first-order valence-electron chi connectivity index (χ1n) is 51.5. The van der Waals surface area contributed by atoms with Crippen molar-refractivity contribution in [3.8, 4) is 40.2 Å². The number of hydrogen-bond donors (Lipinski definition) is 9. The Morgan fingerprint density at radius 1 is 0.444 bits per heavy atom. The van der Waals surface area contributed by atoms with E-state index < -0.39 is 101 Å². The molecule has 2 amide bonds. The minimum atomic E-state index is -3.74. The third-order valence-corrected chi connectivity index (χ3v) is 38.9. The third-order valence-electron chi connectivity index (χ3n) is 38.4. The van der Waals surface area contributed by atoms with Crippen LogP contribution >= 0.6 is 87.3 Å². The van der Waals surface area contributed by atoms with Crippen LogP contribution in [0.2, 0.25) is 0 Å². The van der Waals surface area contributed by atoms with Crippen LogP contribution in [0, 0.1) is 36.2 Å². The number of nitrogens with zero attached hydrogens (tertiary/aromatic N) is 6. The SMILES string of the molecule is CS(=O)(=O)Oc1ccc2c3c1O[C@H]1C(=O)CC[C@@]4(O)[C@@H](C2)N(CC2CC2)CC[C@]314.NC(=O)c1ccc2c(c1O)[C@]13CCN(CC4CC4)[C@H](C2)[C@]1(O)CCC(=O)C3.NC(=O)c1ccc2c3c1OC1C(=O)CC[C@@]4(O)[C@@H](C2)N(CC2CC2)CC[C@]314.O=C1CC[C@@]2(O)[C@H]3Cc4ccc(O)c5c4[C@@]2(CCN3CC2CC2)[C@H]1O5.P.PP.PP(P)P.PPP.[C-]#[N+]c1ccc2c3c1O[C@H]1C(=O)CC[C@@]4(O)[C@@H](C2)N(CC2CC2)CC[C@]314. The minimum absolute atomic E-state index is 0. The quantitative estimate of drug-likeness (QED) is 0.0283. The molecule has 5 saturated heterocycles. The Morgan fingerprint density at radius 3 is 1.11 bits per heavy atom. The Balaban J connectivity index is 0.000000104. The lowest BCUT2D eigenvalue weighted by atomic mass is 9.49. The van der Waals surface area contributed by atoms with Crippen molar-refractivity contribution in [3.05, 3.63) is 139 Å². The summed E-state index contributed by atoms with van der Waals surface area (Å²) in [7, 11) is 14.9. The summed E-state index contributed by atoms with van der Waals surface area (Å²) in [6.45, 7) is 17.0. The van der Waals surface area contributed by atoms with Gasteiger partial charge in [-0.05, 0) is 287 Å². The van der Waals surface area contributed by atoms with Gasteiger partial charge < -0.3 is 70.3 Å². The second-order valence-corrected chi connectivity index (χ2v) is 63.3. The van der Waals surface area contributed by atoms with E-state index >= 15 is 0 Å². The summed E-state index contributed by atoms with van der Waals surface area (Å²) in [5.74, 6) is 4.67. The number of hydrogen-bond acceptors (Lipinski definition) is 26. The van der Waals surface area contributed by atoms with Gasteiger partial charge in [0.2, 0.25) is 5.69 Å². The van der Waals surface area contributed by atoms with Gasteiger partial charge in [0.15, 0.2) is 70.5 Å². The lowest BCUT2D eigenvalue weighted by Crippen LogP contribution is -2.76. The number of fused-ring (bicyclic) bond motifs is 1. The van der Waals surface area contributed by atoms with E-state index in [-0.39, 0.29) is 112 Å². The Morgan fingerprint density at radius 2 is 0.743 bits per heavy atom. The molecule has 15 aliphatic carbocycles. The number of likely N-dealkylation sites (tertiary alicyclic amines) is 5. The molecule has 5 aromatic rings. The van der Waals surface area contributed by atoms with Gasteiger partial charge in [-0.1, -0.05) is 44.4 Å². The van der Waals surface area contributed by atoms with E-state index in [1.54, 1.807) is 24.3 Å². The number of piperidine rings is 5. The molecule has 776 valence electrons. The van der Waals surface area contributed by atoms with Gasteiger partial charge in [-0.15, -0.1) is 62.5 Å². The molecule has 40 heteroatoms. The van der Waals surface area contributed by atoms with Crippen LogP contribution in [-0.2, 0) is 93.3 Å². The van der Waals surface area contributed by atoms with Crippen LogP contribution in [0.15, 0.2) is 60.7 Å². The van der Waals surface area contributed by atoms with Crippen molar-refractivity contribution >= 4 is 144 Å². The van der Waals surface area contributed by atoms with Crippen LogP contribution in [0.25, 0.3) is 4.85 Å². The van der Waals surface area contributed by atoms with Crippen LogP contribution < -0.4 is 34.6 Å². The molecular weight excluding hydrogens is 2040 g/mol. The van der Waals surface area contributed by atoms with Gasteiger partial charge >= 0.3 is 10.1 Å². The van der Waals surface area contributed by atoms with Gasteiger partial charge in [-0.3, -0.25) is 58.1 Å². The topological polar surface area (TPSA) is 414 Å². The molecule has 10 saturated carbocycles. The molecule has 29 nitrogen and oxygen atoms in total. The number of Topliss-reactive ketones (excluding diaryl/α,β-unsaturated/α-hetero) is 5. The predicted octanol–water partition coefficient (Wildman–Crippen LogP) is 11.0. The molecule has 24 aliphatic rings. The number of nitrogens with two attached hydrogens (primary N) is 2. The molecule has 9 heterocycles. The maximum absolute atomic E-state index is 12.9. The molecule has 4 spiro atoms. The standard InChI is InChI=1S/C21H24N2O4.C21H26N2O4.C21H22N2O3.C21H25NO6S.C20H23NO4.H6P4.H5P3.H4P2.H3P/c22-19(25)13-4-3-12-9-15-21(26)6-5-14(24)18-20(21,16(12)17(13)27-18)7-8-23(15)10-11-1-2-11;22-19(26)15-4-3-13-9-16-21(27)6-5-14(24)10-20(21,17(13)18(15)25)7-8-23(16)11-12-1-2-12;1-22-14-5-4-13-10-16-21(25)7-6-15(24)19-20(21,17(13)18(14)26-19)8-9-23(16)11-12-2-3-12;1-29(25,26)28-15-5-4-13-10-16-21(24)7-6-14(23)19-20(21,17(13)18(15)27-19)8-9-22(16)11-12-2-3-12;22-13-4-3-12-9-15-20(24)6-5-14(23)18-19(20,16(12)17(13)25-18)7-8-21(15)10-11-1-2-11;1-4(2)3;1-3-2;1-2;/h3-4,11,15,18,26H,1-2,5-10H2,(H2,22,25);3-4,12,16,25,27H,1-2,5-11H2,(H2,22,26);4-5,12,16,19,25H,2-3,6-11H2;4-5,12,16,19,24H,2-3,6-11H2,1H3;3-4,11,15,18,22,24H,1-2,5-10H2;1-3H2;3H,1-2H2;1-2H2;1H3/t15-,18?,20+,21-;16-,20-,21-;2*16-,19+,20+,21-;15-,18+,19+,20-;;;;/m11111..../s1. The van der Waals surface area contributed by atoms with Gasteiger partial charge in [-0.2, -0.15) is 18.3 Å². The van der Waals surface area contributed by atoms with Crippen molar-refractivity contribution in [2.45, 2.75) is 309 Å². The number of phenols is 2. The first-order chi connectivity index (χ1) is 68.3. The number of amides is 2. The van der Waals surface area contributed by atoms with E-state index in [1.807, 2.05) is 36.4 Å². The highest BCUT2D eigenvalue weighted by Gasteiger charge is 2.79. The van der Waals surface area contributed by atoms with Crippen LogP contribution in [0.4, 0.5) is 5.69 Å². The monoisotopic (exact) mass is 2180 g/mol. The summed E-state index contributed by atoms with van der Waals surface area (Å²) in [6.07, 6.45) is 22.3. The van der Waals surface area contributed by atoms with E-state index in [2.05, 4.69) is 91.8 Å². The van der Waals surface area contributed by atoms with Gasteiger partial charge in [0, 0.05) is 129 Å². The Bertz CT molecular complexity index is 6280. The number of carbonyl (C=O) groups excluding carboxylic acids is 7. The van der Waals surface area contributed by atoms with Crippen molar-refractivity contribution in [1.29, 1.82) is 0 Å². The largest absolute Gasteiger partial charge is 0.507 e. The first-order valence-corrected chi connectivity index (χ1v) is 66.8. The van der Waals surface area contributed by atoms with Gasteiger partial charge in [0.25, 0.3) is 11.8 Å². The van der Waals surface area contributed by atoms with Gasteiger partial charge in [-0.25, -0.2) is 4.85 Å². The number of ketones is 5. The van der Waals surface area contributed by atoms with E-state index in [9.17, 15) is 77.7 Å². The number of aliphatic hydroxyl groups is 5. The molecule has 0 radical (unpaired) electrons. The fraction of sp³-hybridized carbons (Fsp3) is 0.635. The molecule has 5 aromatic carbocycles. The predicted molar refractivity (Wildman–Crippen MR) is 577 cm³/mol. The number of primary amides is 2. The fourth-order valence-electron chi connectivity index (χ4n) is 31.6. The van der Waals surface area contributed by atoms with Crippen molar-refractivity contribution in [3.63, 3.8) is 0 Å². The summed E-state index contributed by atoms with van der Waals surface area (Å²) in [5, 5.41) is 81.4. The molecule has 27 atom stereocenters. The summed E-state index contributed by atoms with van der Waals surface area (Å²) >= 11 is 0. The first kappa shape index (κ1) is 105. The fourth-order valence-corrected chi connectivity index (χ4v) is 32.1. The van der Waals surface area contributed by atoms with Crippen LogP contribution in [-0.4, -0.2) is 264 Å². The number of rotatable bonds is 14. The van der Waals surface area contributed by atoms with Crippen molar-refractivity contribution in [2.24, 2.45) is 41.1 Å². The summed E-state index contributed by atoms with van der Waals surface area (Å²) in [5.41, 5.74) is 12.8. The van der Waals surface area contributed by atoms with E-state index in [0.717, 1.165) is 186 Å². The normalized spacial score (nSPS) is 36.4. The lowest BCUT2D eigenvalue weighted by Gasteiger charge is -2.63. The van der Waals surface area contributed by atoms with Crippen LogP contribution in [0.5, 0.6) is 40.2 Å². The zero-order chi connectivity index (χ0) is 101. The molecular formula is C104H138N8O21P10S. The molecule has 29 rings (SSSR count). The number of benzene rings is 5. The van der Waals surface area contributed by atoms with Crippen LogP contribution in [0.3, 0.4) is 0 Å². The Kier molecular flexibility index (Phi) is 28.1. The molecule has 10 bridgehead atoms. The average Bonchev–Trinajstić information content (AvgIpc) is 1.38. The Labute approximate surface area is 864 Å². The maximum Gasteiger partial charge on any atom is 0.306 e. The van der Waals surface area contributed by atoms with Gasteiger partial charge in [0.05, 0.1) is 73.6 Å². The highest BCUT2D eigenvalue weighted by Crippen LogP contribution is 2.72. The molecule has 11 N–H and O–H groups in total. The molecule has 9 aliphatic heterocycles. The van der Waals surface area contributed by atoms with E-state index in [0.29, 0.717) is 130 Å². The zero-order valence-corrected chi connectivity index (χ0v) is 93.8. The molecule has 15 fully saturated rings. The van der Waals surface area contributed by atoms with E-state index in [4.69, 9.17) is 41.2 Å². The maximum atomic E-state index is 12.9. The summed E-state index contributed by atoms with van der Waals surface area (Å²) in [4.78, 5) is 103. The van der Waals surface area contributed by atoms with Crippen LogP contribution in [0.1, 0.15) is 243 Å². The van der Waals surface area contributed by atoms with Gasteiger partial charge in [0.1, 0.15) is 23.0 Å². The highest BCUT2D eigenvalue weighted by molar-refractivity contribution is 8.65. The minimum Gasteiger partial charge on any atom is -0.507 e. The number of phenolic OH excluding ortho intramolecular Hbond substituents is 1. The smallest absolute Gasteiger partial charge is 0.306 e. The molecule has 9 unspecified atom stereocenters. The number of ether oxygens (including phenoxy) is 4. The number of carbonyl (C=O) groups is 7. The second-order valence-electron chi connectivity index (χ2n) is 45.7. The highest BCUT2D eigenvalue weighted by atomic mass is 32.7. The summed E-state index contributed by atoms with van der Waals surface area (Å²) in [6, 6.07) is 18.1. The molecule has 0 aromatic heterocycles. The number of aromatic hydroxyl groups is 2. The average molecular weight is 2180 g/mol. The van der Waals surface area contributed by atoms with Crippen molar-refractivity contribution in [2.75, 3.05) is 71.7 Å². The van der Waals surface area contributed by atoms with Crippen molar-refractivity contribution < 1.29 is 101 Å². The Hall–Kier alpha value is -4.67.